The number of nitrogens with zero attached hydrogens (tertiary/aromatic N) is 4. The minimum Gasteiger partial charge on any atom is -0.468 e. The first-order valence-corrected chi connectivity index (χ1v) is 6.84. The van der Waals surface area contributed by atoms with Crippen LogP contribution in [-0.2, 0) is 9.05 Å². The smallest absolute Gasteiger partial charge is 0.422 e. The highest BCUT2D eigenvalue weighted by Gasteiger charge is 2.28. The Morgan fingerprint density at radius 2 is 2.05 bits per heavy atom. The molecule has 0 aromatic carbocycles. The van der Waals surface area contributed by atoms with Crippen LogP contribution in [0.5, 0.6) is 5.88 Å². The molecule has 2 rings (SSSR count). The van der Waals surface area contributed by atoms with Crippen LogP contribution in [0, 0.1) is 0 Å². The van der Waals surface area contributed by atoms with E-state index in [9.17, 15) is 21.6 Å². The van der Waals surface area contributed by atoms with Gasteiger partial charge in [-0.1, -0.05) is 0 Å². The van der Waals surface area contributed by atoms with Crippen LogP contribution in [0.3, 0.4) is 0 Å². The predicted octanol–water partition coefficient (Wildman–Crippen LogP) is 0.993. The second kappa shape index (κ2) is 4.49. The molecule has 0 fully saturated rings. The van der Waals surface area contributed by atoms with Gasteiger partial charge in [0.2, 0.25) is 5.88 Å². The molecule has 0 aliphatic rings. The van der Waals surface area contributed by atoms with Crippen LogP contribution < -0.4 is 4.74 Å². The highest BCUT2D eigenvalue weighted by atomic mass is 35.7. The van der Waals surface area contributed by atoms with Gasteiger partial charge in [0.05, 0.1) is 0 Å². The Morgan fingerprint density at radius 3 is 2.63 bits per heavy atom. The first-order valence-electron chi connectivity index (χ1n) is 4.53. The van der Waals surface area contributed by atoms with Crippen LogP contribution in [0.4, 0.5) is 13.2 Å². The van der Waals surface area contributed by atoms with E-state index < -0.39 is 27.0 Å². The molecule has 19 heavy (non-hydrogen) atoms. The average Bonchev–Trinajstić information content (AvgIpc) is 2.67. The summed E-state index contributed by atoms with van der Waals surface area (Å²) in [5, 5.41) is 2.78. The molecule has 104 valence electrons. The molecule has 0 unspecified atom stereocenters. The molecule has 0 aliphatic heterocycles. The summed E-state index contributed by atoms with van der Waals surface area (Å²) < 4.78 is 63.0. The van der Waals surface area contributed by atoms with Crippen molar-refractivity contribution >= 4 is 25.5 Å². The van der Waals surface area contributed by atoms with E-state index in [4.69, 9.17) is 10.7 Å². The SMILES string of the molecule is O=S(=O)(Cl)c1nc2nc(OCC(F)(F)F)ccn2n1. The summed E-state index contributed by atoms with van der Waals surface area (Å²) in [6, 6.07) is 1.08. The van der Waals surface area contributed by atoms with Crippen LogP contribution in [0.25, 0.3) is 5.78 Å². The summed E-state index contributed by atoms with van der Waals surface area (Å²) in [5.74, 6) is -0.616. The molecule has 0 atom stereocenters. The molecule has 2 aromatic heterocycles. The summed E-state index contributed by atoms with van der Waals surface area (Å²) in [4.78, 5) is 7.01. The third-order valence-electron chi connectivity index (χ3n) is 1.76. The van der Waals surface area contributed by atoms with Crippen molar-refractivity contribution in [3.05, 3.63) is 12.3 Å². The van der Waals surface area contributed by atoms with E-state index in [0.717, 1.165) is 16.8 Å². The molecule has 0 amide bonds. The third kappa shape index (κ3) is 3.44. The van der Waals surface area contributed by atoms with Gasteiger partial charge in [-0.2, -0.15) is 23.1 Å². The lowest BCUT2D eigenvalue weighted by Crippen LogP contribution is -2.19. The Hall–Kier alpha value is -1.62. The highest BCUT2D eigenvalue weighted by Crippen LogP contribution is 2.17. The maximum absolute atomic E-state index is 11.9. The van der Waals surface area contributed by atoms with Gasteiger partial charge in [0.25, 0.3) is 20.0 Å². The van der Waals surface area contributed by atoms with Gasteiger partial charge in [-0.25, -0.2) is 12.9 Å². The minimum absolute atomic E-state index is 0.251. The van der Waals surface area contributed by atoms with Gasteiger partial charge in [-0.15, -0.1) is 5.10 Å². The zero-order valence-electron chi connectivity index (χ0n) is 8.80. The molecule has 7 nitrogen and oxygen atoms in total. The second-order valence-corrected chi connectivity index (χ2v) is 5.71. The van der Waals surface area contributed by atoms with Crippen molar-refractivity contribution in [2.24, 2.45) is 0 Å². The Morgan fingerprint density at radius 1 is 1.37 bits per heavy atom. The lowest BCUT2D eigenvalue weighted by atomic mass is 10.6. The quantitative estimate of drug-likeness (QED) is 0.785. The Labute approximate surface area is 108 Å². The number of rotatable bonds is 3. The summed E-state index contributed by atoms with van der Waals surface area (Å²) in [6.45, 7) is -1.52. The van der Waals surface area contributed by atoms with Crippen molar-refractivity contribution in [2.45, 2.75) is 11.3 Å². The molecule has 0 N–H and O–H groups in total. The molecule has 0 spiro atoms. The lowest BCUT2D eigenvalue weighted by Gasteiger charge is -2.07. The summed E-state index contributed by atoms with van der Waals surface area (Å²) in [5.41, 5.74) is 0. The Bertz CT molecular complexity index is 714. The van der Waals surface area contributed by atoms with Gasteiger partial charge < -0.3 is 4.74 Å². The van der Waals surface area contributed by atoms with E-state index in [2.05, 4.69) is 19.8 Å². The van der Waals surface area contributed by atoms with Crippen molar-refractivity contribution in [1.29, 1.82) is 0 Å². The number of aromatic nitrogens is 4. The predicted molar refractivity (Wildman–Crippen MR) is 55.4 cm³/mol. The van der Waals surface area contributed by atoms with E-state index in [1.165, 1.54) is 0 Å². The van der Waals surface area contributed by atoms with Crippen LogP contribution >= 0.6 is 10.7 Å². The highest BCUT2D eigenvalue weighted by molar-refractivity contribution is 8.13. The molecular formula is C7H4ClF3N4O3S. The summed E-state index contributed by atoms with van der Waals surface area (Å²) >= 11 is 0. The van der Waals surface area contributed by atoms with E-state index >= 15 is 0 Å². The molecule has 0 bridgehead atoms. The van der Waals surface area contributed by atoms with Crippen molar-refractivity contribution in [1.82, 2.24) is 19.6 Å². The van der Waals surface area contributed by atoms with Gasteiger partial charge in [0.1, 0.15) is 0 Å². The second-order valence-electron chi connectivity index (χ2n) is 3.25. The topological polar surface area (TPSA) is 86.5 Å². The van der Waals surface area contributed by atoms with Crippen molar-refractivity contribution < 1.29 is 26.3 Å². The van der Waals surface area contributed by atoms with Crippen LogP contribution in [0.1, 0.15) is 0 Å². The fourth-order valence-corrected chi connectivity index (χ4v) is 1.65. The van der Waals surface area contributed by atoms with Crippen LogP contribution in [0.15, 0.2) is 17.4 Å². The van der Waals surface area contributed by atoms with Gasteiger partial charge in [0.15, 0.2) is 6.61 Å². The molecular weight excluding hydrogens is 313 g/mol. The Kier molecular flexibility index (Phi) is 3.26. The first-order chi connectivity index (χ1) is 8.65. The summed E-state index contributed by atoms with van der Waals surface area (Å²) in [6.07, 6.45) is -3.36. The number of halogens is 4. The largest absolute Gasteiger partial charge is 0.468 e. The summed E-state index contributed by atoms with van der Waals surface area (Å²) in [7, 11) is 0.872. The van der Waals surface area contributed by atoms with Gasteiger partial charge in [-0.05, 0) is 0 Å². The molecule has 0 radical (unpaired) electrons. The molecule has 12 heteroatoms. The molecule has 0 aliphatic carbocycles. The van der Waals surface area contributed by atoms with Crippen LogP contribution in [-0.4, -0.2) is 40.8 Å². The van der Waals surface area contributed by atoms with Crippen molar-refractivity contribution in [3.8, 4) is 5.88 Å². The number of alkyl halides is 3. The van der Waals surface area contributed by atoms with Crippen molar-refractivity contribution in [3.63, 3.8) is 0 Å². The zero-order chi connectivity index (χ0) is 14.3. The van der Waals surface area contributed by atoms with Crippen molar-refractivity contribution in [2.75, 3.05) is 6.61 Å². The fourth-order valence-electron chi connectivity index (χ4n) is 1.08. The van der Waals surface area contributed by atoms with Gasteiger partial charge in [0, 0.05) is 22.9 Å². The third-order valence-corrected chi connectivity index (χ3v) is 2.79. The van der Waals surface area contributed by atoms with E-state index in [0.29, 0.717) is 0 Å². The maximum atomic E-state index is 11.9. The monoisotopic (exact) mass is 316 g/mol. The average molecular weight is 317 g/mol. The van der Waals surface area contributed by atoms with Crippen LogP contribution in [0.2, 0.25) is 0 Å². The number of hydrogen-bond acceptors (Lipinski definition) is 6. The number of fused-ring (bicyclic) bond motifs is 1. The zero-order valence-corrected chi connectivity index (χ0v) is 10.4. The Balaban J connectivity index is 2.31. The normalized spacial score (nSPS) is 12.8. The molecule has 2 heterocycles. The molecule has 2 aromatic rings. The number of ether oxygens (including phenoxy) is 1. The maximum Gasteiger partial charge on any atom is 0.422 e. The van der Waals surface area contributed by atoms with Gasteiger partial charge >= 0.3 is 6.18 Å². The molecule has 0 saturated heterocycles. The minimum atomic E-state index is -4.51. The lowest BCUT2D eigenvalue weighted by molar-refractivity contribution is -0.154. The first kappa shape index (κ1) is 13.8. The molecule has 0 saturated carbocycles. The van der Waals surface area contributed by atoms with E-state index in [1.807, 2.05) is 0 Å². The number of hydrogen-bond donors (Lipinski definition) is 0. The van der Waals surface area contributed by atoms with E-state index in [-0.39, 0.29) is 11.7 Å². The van der Waals surface area contributed by atoms with E-state index in [1.54, 1.807) is 0 Å². The standard InChI is InChI=1S/C7H4ClF3N4O3S/c8-19(16,17)6-13-5-12-4(1-2-15(5)14-6)18-3-7(9,10)11/h1-2H,3H2. The fraction of sp³-hybridized carbons (Fsp3) is 0.286. The van der Waals surface area contributed by atoms with Gasteiger partial charge in [-0.3, -0.25) is 0 Å².